The summed E-state index contributed by atoms with van der Waals surface area (Å²) in [5.74, 6) is -6.42. The molecule has 0 saturated heterocycles. The molecule has 2 aliphatic carbocycles. The normalized spacial score (nSPS) is 20.7. The summed E-state index contributed by atoms with van der Waals surface area (Å²) in [6.45, 7) is 7.57. The predicted molar refractivity (Wildman–Crippen MR) is 142 cm³/mol. The summed E-state index contributed by atoms with van der Waals surface area (Å²) >= 11 is 0. The Morgan fingerprint density at radius 1 is 1.12 bits per heavy atom. The molecule has 2 heterocycles. The molecule has 2 fully saturated rings. The van der Waals surface area contributed by atoms with Crippen molar-refractivity contribution in [1.29, 1.82) is 0 Å². The number of carbonyl (C=O) groups is 2. The molecule has 2 aliphatic rings. The number of nitrogens with zero attached hydrogens (tertiary/aromatic N) is 3. The van der Waals surface area contributed by atoms with Crippen molar-refractivity contribution in [3.63, 3.8) is 0 Å². The highest BCUT2D eigenvalue weighted by Gasteiger charge is 2.46. The number of halogens is 4. The first-order valence-electron chi connectivity index (χ1n) is 14.1. The van der Waals surface area contributed by atoms with Crippen LogP contribution in [0.4, 0.5) is 22.4 Å². The summed E-state index contributed by atoms with van der Waals surface area (Å²) in [6, 6.07) is 0.458. The molecule has 0 radical (unpaired) electrons. The molecule has 13 heteroatoms. The van der Waals surface area contributed by atoms with Crippen molar-refractivity contribution in [3.05, 3.63) is 29.7 Å². The number of aromatic nitrogens is 3. The maximum atomic E-state index is 13.9. The van der Waals surface area contributed by atoms with E-state index in [4.69, 9.17) is 9.47 Å². The van der Waals surface area contributed by atoms with E-state index in [1.165, 1.54) is 4.52 Å². The third-order valence-electron chi connectivity index (χ3n) is 7.46. The molecule has 228 valence electrons. The van der Waals surface area contributed by atoms with E-state index in [0.29, 0.717) is 23.5 Å². The lowest BCUT2D eigenvalue weighted by atomic mass is 9.79. The van der Waals surface area contributed by atoms with E-state index in [2.05, 4.69) is 20.7 Å². The van der Waals surface area contributed by atoms with Gasteiger partial charge in [-0.3, -0.25) is 4.79 Å². The third kappa shape index (κ3) is 8.52. The lowest BCUT2D eigenvalue weighted by molar-refractivity contribution is -0.134. The van der Waals surface area contributed by atoms with E-state index in [1.807, 2.05) is 6.92 Å². The molecule has 2 aromatic heterocycles. The number of alkyl halides is 4. The third-order valence-corrected chi connectivity index (χ3v) is 7.46. The molecular weight excluding hydrogens is 546 g/mol. The summed E-state index contributed by atoms with van der Waals surface area (Å²) in [7, 11) is 0. The fraction of sp³-hybridized carbons (Fsp3) is 0.714. The molecule has 41 heavy (non-hydrogen) atoms. The number of nitrogens with one attached hydrogen (secondary N) is 2. The van der Waals surface area contributed by atoms with E-state index in [1.54, 1.807) is 39.2 Å². The Bertz CT molecular complexity index is 1210. The average molecular weight is 586 g/mol. The molecule has 1 unspecified atom stereocenters. The van der Waals surface area contributed by atoms with Gasteiger partial charge in [0.25, 0.3) is 0 Å². The Morgan fingerprint density at radius 2 is 1.80 bits per heavy atom. The quantitative estimate of drug-likeness (QED) is 0.344. The van der Waals surface area contributed by atoms with Crippen LogP contribution in [0.1, 0.15) is 96.0 Å². The Balaban J connectivity index is 1.54. The van der Waals surface area contributed by atoms with E-state index < -0.39 is 35.6 Å². The minimum absolute atomic E-state index is 0.000137. The van der Waals surface area contributed by atoms with Crippen molar-refractivity contribution < 1.29 is 36.6 Å². The molecule has 0 aromatic carbocycles. The van der Waals surface area contributed by atoms with Crippen LogP contribution in [0, 0.1) is 11.8 Å². The number of hydrogen-bond acceptors (Lipinski definition) is 6. The smallest absolute Gasteiger partial charge is 0.408 e. The molecule has 0 bridgehead atoms. The van der Waals surface area contributed by atoms with Gasteiger partial charge in [0, 0.05) is 44.3 Å². The van der Waals surface area contributed by atoms with Crippen LogP contribution in [0.3, 0.4) is 0 Å². The van der Waals surface area contributed by atoms with Crippen molar-refractivity contribution in [2.75, 3.05) is 13.2 Å². The van der Waals surface area contributed by atoms with E-state index in [-0.39, 0.29) is 69.3 Å². The fourth-order valence-corrected chi connectivity index (χ4v) is 5.42. The van der Waals surface area contributed by atoms with E-state index in [9.17, 15) is 27.2 Å². The van der Waals surface area contributed by atoms with E-state index in [0.717, 1.165) is 0 Å². The van der Waals surface area contributed by atoms with Gasteiger partial charge < -0.3 is 20.1 Å². The molecular formula is C28H39F4N5O4. The monoisotopic (exact) mass is 585 g/mol. The van der Waals surface area contributed by atoms with Crippen LogP contribution >= 0.6 is 0 Å². The molecule has 9 nitrogen and oxygen atoms in total. The Labute approximate surface area is 236 Å². The highest BCUT2D eigenvalue weighted by atomic mass is 19.3. The number of ether oxygens (including phenoxy) is 2. The number of alkyl carbamates (subject to hydrolysis) is 1. The summed E-state index contributed by atoms with van der Waals surface area (Å²) < 4.78 is 66.7. The average Bonchev–Trinajstić information content (AvgIpc) is 3.26. The minimum atomic E-state index is -2.73. The van der Waals surface area contributed by atoms with Gasteiger partial charge >= 0.3 is 6.09 Å². The van der Waals surface area contributed by atoms with Crippen LogP contribution in [-0.2, 0) is 14.3 Å². The van der Waals surface area contributed by atoms with Gasteiger partial charge in [-0.1, -0.05) is 0 Å². The minimum Gasteiger partial charge on any atom is -0.444 e. The molecule has 2 saturated carbocycles. The number of rotatable bonds is 10. The molecule has 2 N–H and O–H groups in total. The highest BCUT2D eigenvalue weighted by molar-refractivity contribution is 5.77. The Morgan fingerprint density at radius 3 is 2.41 bits per heavy atom. The van der Waals surface area contributed by atoms with Crippen LogP contribution in [0.5, 0.6) is 0 Å². The van der Waals surface area contributed by atoms with Crippen LogP contribution in [0.25, 0.3) is 5.65 Å². The van der Waals surface area contributed by atoms with Crippen molar-refractivity contribution in [1.82, 2.24) is 25.2 Å². The lowest BCUT2D eigenvalue weighted by Crippen LogP contribution is -2.40. The van der Waals surface area contributed by atoms with Crippen molar-refractivity contribution >= 4 is 17.6 Å². The number of carbonyl (C=O) groups excluding carboxylic acids is 2. The summed E-state index contributed by atoms with van der Waals surface area (Å²) in [5.41, 5.74) is 0.726. The number of hydrogen-bond donors (Lipinski definition) is 2. The van der Waals surface area contributed by atoms with Gasteiger partial charge in [-0.15, -0.1) is 0 Å². The van der Waals surface area contributed by atoms with Crippen LogP contribution in [0.2, 0.25) is 0 Å². The van der Waals surface area contributed by atoms with Crippen molar-refractivity contribution in [3.8, 4) is 0 Å². The Hall–Kier alpha value is -2.96. The van der Waals surface area contributed by atoms with Gasteiger partial charge in [-0.2, -0.15) is 5.10 Å². The molecule has 2 amide bonds. The summed E-state index contributed by atoms with van der Waals surface area (Å²) in [4.78, 5) is 30.0. The van der Waals surface area contributed by atoms with Gasteiger partial charge in [0.2, 0.25) is 17.8 Å². The second-order valence-corrected chi connectivity index (χ2v) is 12.2. The molecule has 2 atom stereocenters. The van der Waals surface area contributed by atoms with Gasteiger partial charge in [0.05, 0.1) is 36.8 Å². The standard InChI is InChI=1S/C28H39F4N5O4/c1-5-40-16-21(35-23(38)10-17-12-28(31,32)13-17)19-11-22-34-20(15-37(22)33-14-19)24(36-25(39)41-26(2,3)4)18-6-8-27(29,30)9-7-18/h11,14-15,17-18,21,24H,5-10,12-13,16H2,1-4H3,(H,35,38)(H,36,39)/t21-,24?/m0/s1. The van der Waals surface area contributed by atoms with Crippen LogP contribution in [-0.4, -0.2) is 57.3 Å². The molecule has 2 aromatic rings. The number of fused-ring (bicyclic) bond motifs is 1. The highest BCUT2D eigenvalue weighted by Crippen LogP contribution is 2.44. The SMILES string of the molecule is CCOC[C@H](NC(=O)CC1CC(F)(F)C1)c1cnn2cc(C(NC(=O)OC(C)(C)C)C3CCC(F)(F)CC3)nc2c1. The topological polar surface area (TPSA) is 107 Å². The number of amides is 2. The zero-order chi connectivity index (χ0) is 30.0. The first kappa shape index (κ1) is 31.0. The molecule has 4 rings (SSSR count). The zero-order valence-electron chi connectivity index (χ0n) is 23.9. The fourth-order valence-electron chi connectivity index (χ4n) is 5.42. The van der Waals surface area contributed by atoms with Crippen LogP contribution in [0.15, 0.2) is 18.5 Å². The first-order chi connectivity index (χ1) is 19.1. The van der Waals surface area contributed by atoms with Gasteiger partial charge in [0.15, 0.2) is 5.65 Å². The van der Waals surface area contributed by atoms with Gasteiger partial charge in [0.1, 0.15) is 5.60 Å². The van der Waals surface area contributed by atoms with Gasteiger partial charge in [-0.05, 0) is 58.4 Å². The maximum absolute atomic E-state index is 13.9. The number of imidazole rings is 1. The van der Waals surface area contributed by atoms with Gasteiger partial charge in [-0.25, -0.2) is 31.9 Å². The lowest BCUT2D eigenvalue weighted by Gasteiger charge is -2.34. The second kappa shape index (κ2) is 12.1. The largest absolute Gasteiger partial charge is 0.444 e. The van der Waals surface area contributed by atoms with E-state index >= 15 is 0 Å². The van der Waals surface area contributed by atoms with Crippen molar-refractivity contribution in [2.45, 2.75) is 102 Å². The van der Waals surface area contributed by atoms with Crippen LogP contribution < -0.4 is 10.6 Å². The zero-order valence-corrected chi connectivity index (χ0v) is 23.9. The van der Waals surface area contributed by atoms with Crippen molar-refractivity contribution in [2.24, 2.45) is 11.8 Å². The Kier molecular flexibility index (Phi) is 9.15. The molecule has 0 aliphatic heterocycles. The maximum Gasteiger partial charge on any atom is 0.408 e. The summed E-state index contributed by atoms with van der Waals surface area (Å²) in [5, 5.41) is 10.1. The predicted octanol–water partition coefficient (Wildman–Crippen LogP) is 5.75. The summed E-state index contributed by atoms with van der Waals surface area (Å²) in [6.07, 6.45) is 1.78. The second-order valence-electron chi connectivity index (χ2n) is 12.2. The molecule has 0 spiro atoms. The first-order valence-corrected chi connectivity index (χ1v) is 14.1.